The van der Waals surface area contributed by atoms with Crippen molar-refractivity contribution >= 4 is 16.9 Å². The van der Waals surface area contributed by atoms with Crippen molar-refractivity contribution in [3.8, 4) is 0 Å². The number of carbonyl (C=O) groups excluding carboxylic acids is 1. The van der Waals surface area contributed by atoms with E-state index < -0.39 is 0 Å². The van der Waals surface area contributed by atoms with Gasteiger partial charge in [0.25, 0.3) is 0 Å². The van der Waals surface area contributed by atoms with Crippen molar-refractivity contribution in [3.05, 3.63) is 71.9 Å². The topological polar surface area (TPSA) is 54.1 Å². The summed E-state index contributed by atoms with van der Waals surface area (Å²) in [5.74, 6) is -0.249. The minimum absolute atomic E-state index is 0.0652. The molecular formula is C19H20N2O2. The first kappa shape index (κ1) is 15.3. The Kier molecular flexibility index (Phi) is 4.74. The number of benzene rings is 2. The lowest BCUT2D eigenvalue weighted by Crippen LogP contribution is -2.27. The smallest absolute Gasteiger partial charge is 0.320 e. The molecule has 4 nitrogen and oxygen atoms in total. The van der Waals surface area contributed by atoms with Crippen LogP contribution in [-0.2, 0) is 16.1 Å². The summed E-state index contributed by atoms with van der Waals surface area (Å²) in [6, 6.07) is 17.9. The normalized spacial score (nSPS) is 12.2. The van der Waals surface area contributed by atoms with Crippen LogP contribution in [0.3, 0.4) is 0 Å². The second-order valence-corrected chi connectivity index (χ2v) is 5.54. The van der Waals surface area contributed by atoms with Gasteiger partial charge in [0, 0.05) is 23.1 Å². The van der Waals surface area contributed by atoms with Crippen LogP contribution in [0.5, 0.6) is 0 Å². The highest BCUT2D eigenvalue weighted by atomic mass is 16.5. The Morgan fingerprint density at radius 1 is 1.13 bits per heavy atom. The van der Waals surface area contributed by atoms with Gasteiger partial charge in [0.05, 0.1) is 6.54 Å². The molecule has 3 aromatic rings. The van der Waals surface area contributed by atoms with Crippen molar-refractivity contribution in [3.63, 3.8) is 0 Å². The van der Waals surface area contributed by atoms with Crippen LogP contribution in [0, 0.1) is 0 Å². The number of H-pyrrole nitrogens is 1. The number of ether oxygens (including phenoxy) is 1. The molecular weight excluding hydrogens is 288 g/mol. The Hall–Kier alpha value is -2.59. The van der Waals surface area contributed by atoms with Gasteiger partial charge in [-0.2, -0.15) is 0 Å². The Morgan fingerprint density at radius 2 is 1.87 bits per heavy atom. The maximum Gasteiger partial charge on any atom is 0.320 e. The van der Waals surface area contributed by atoms with Crippen LogP contribution in [0.1, 0.15) is 24.1 Å². The molecule has 0 fully saturated rings. The summed E-state index contributed by atoms with van der Waals surface area (Å²) in [7, 11) is 0. The summed E-state index contributed by atoms with van der Waals surface area (Å²) in [4.78, 5) is 15.1. The standard InChI is InChI=1S/C19H20N2O2/c1-14(17-11-21-18-10-6-5-9-16(17)18)20-12-19(22)23-13-15-7-3-2-4-8-15/h2-11,14,20-21H,12-13H2,1H3. The summed E-state index contributed by atoms with van der Waals surface area (Å²) in [5.41, 5.74) is 3.24. The Balaban J connectivity index is 1.52. The van der Waals surface area contributed by atoms with Crippen LogP contribution in [0.2, 0.25) is 0 Å². The number of rotatable bonds is 6. The molecule has 2 N–H and O–H groups in total. The predicted octanol–water partition coefficient (Wildman–Crippen LogP) is 3.56. The lowest BCUT2D eigenvalue weighted by atomic mass is 10.1. The molecule has 2 aromatic carbocycles. The SMILES string of the molecule is CC(NCC(=O)OCc1ccccc1)c1c[nH]c2ccccc12. The van der Waals surface area contributed by atoms with Gasteiger partial charge in [-0.05, 0) is 24.1 Å². The van der Waals surface area contributed by atoms with Crippen LogP contribution in [0.15, 0.2) is 60.8 Å². The maximum atomic E-state index is 11.9. The number of hydrogen-bond acceptors (Lipinski definition) is 3. The first-order chi connectivity index (χ1) is 11.2. The summed E-state index contributed by atoms with van der Waals surface area (Å²) in [5, 5.41) is 4.39. The van der Waals surface area contributed by atoms with Crippen molar-refractivity contribution in [2.24, 2.45) is 0 Å². The average Bonchev–Trinajstić information content (AvgIpc) is 3.03. The van der Waals surface area contributed by atoms with Gasteiger partial charge in [-0.15, -0.1) is 0 Å². The number of hydrogen-bond donors (Lipinski definition) is 2. The van der Waals surface area contributed by atoms with E-state index >= 15 is 0 Å². The summed E-state index contributed by atoms with van der Waals surface area (Å²) >= 11 is 0. The molecule has 0 aliphatic heterocycles. The molecule has 0 aliphatic rings. The predicted molar refractivity (Wildman–Crippen MR) is 91.0 cm³/mol. The monoisotopic (exact) mass is 308 g/mol. The maximum absolute atomic E-state index is 11.9. The van der Waals surface area contributed by atoms with E-state index in [1.807, 2.05) is 61.7 Å². The molecule has 1 atom stereocenters. The van der Waals surface area contributed by atoms with Gasteiger partial charge in [-0.3, -0.25) is 4.79 Å². The number of esters is 1. The molecule has 4 heteroatoms. The Labute approximate surface area is 135 Å². The van der Waals surface area contributed by atoms with E-state index in [9.17, 15) is 4.79 Å². The highest BCUT2D eigenvalue weighted by molar-refractivity contribution is 5.83. The quantitative estimate of drug-likeness (QED) is 0.685. The third-order valence-electron chi connectivity index (χ3n) is 3.88. The number of nitrogens with one attached hydrogen (secondary N) is 2. The average molecular weight is 308 g/mol. The second kappa shape index (κ2) is 7.11. The molecule has 1 unspecified atom stereocenters. The fraction of sp³-hybridized carbons (Fsp3) is 0.211. The molecule has 3 rings (SSSR count). The minimum atomic E-state index is -0.249. The van der Waals surface area contributed by atoms with Crippen molar-refractivity contribution in [1.82, 2.24) is 10.3 Å². The van der Waals surface area contributed by atoms with Gasteiger partial charge < -0.3 is 15.0 Å². The van der Waals surface area contributed by atoms with Crippen LogP contribution >= 0.6 is 0 Å². The van der Waals surface area contributed by atoms with E-state index in [-0.39, 0.29) is 18.6 Å². The molecule has 0 amide bonds. The van der Waals surface area contributed by atoms with E-state index in [1.165, 1.54) is 5.39 Å². The van der Waals surface area contributed by atoms with E-state index in [0.717, 1.165) is 16.6 Å². The fourth-order valence-electron chi connectivity index (χ4n) is 2.59. The van der Waals surface area contributed by atoms with Gasteiger partial charge in [-0.1, -0.05) is 48.5 Å². The molecule has 0 radical (unpaired) electrons. The number of fused-ring (bicyclic) bond motifs is 1. The van der Waals surface area contributed by atoms with E-state index in [1.54, 1.807) is 0 Å². The Bertz CT molecular complexity index is 780. The van der Waals surface area contributed by atoms with E-state index in [2.05, 4.69) is 16.4 Å². The number of aromatic nitrogens is 1. The zero-order chi connectivity index (χ0) is 16.1. The second-order valence-electron chi connectivity index (χ2n) is 5.54. The number of para-hydroxylation sites is 1. The largest absolute Gasteiger partial charge is 0.460 e. The summed E-state index contributed by atoms with van der Waals surface area (Å²) in [6.45, 7) is 2.54. The van der Waals surface area contributed by atoms with Crippen LogP contribution in [-0.4, -0.2) is 17.5 Å². The van der Waals surface area contributed by atoms with Crippen molar-refractivity contribution < 1.29 is 9.53 Å². The molecule has 0 saturated carbocycles. The van der Waals surface area contributed by atoms with Crippen molar-refractivity contribution in [2.75, 3.05) is 6.54 Å². The van der Waals surface area contributed by atoms with Crippen molar-refractivity contribution in [1.29, 1.82) is 0 Å². The molecule has 0 saturated heterocycles. The van der Waals surface area contributed by atoms with Gasteiger partial charge >= 0.3 is 5.97 Å². The van der Waals surface area contributed by atoms with Gasteiger partial charge in [0.1, 0.15) is 6.61 Å². The third kappa shape index (κ3) is 3.79. The zero-order valence-corrected chi connectivity index (χ0v) is 13.1. The molecule has 0 bridgehead atoms. The first-order valence-electron chi connectivity index (χ1n) is 7.73. The molecule has 0 aliphatic carbocycles. The zero-order valence-electron chi connectivity index (χ0n) is 13.1. The van der Waals surface area contributed by atoms with E-state index in [4.69, 9.17) is 4.74 Å². The van der Waals surface area contributed by atoms with Gasteiger partial charge in [-0.25, -0.2) is 0 Å². The number of aromatic amines is 1. The molecule has 1 aromatic heterocycles. The summed E-state index contributed by atoms with van der Waals surface area (Å²) in [6.07, 6.45) is 1.98. The van der Waals surface area contributed by atoms with Crippen LogP contribution in [0.4, 0.5) is 0 Å². The van der Waals surface area contributed by atoms with Crippen molar-refractivity contribution in [2.45, 2.75) is 19.6 Å². The lowest BCUT2D eigenvalue weighted by Gasteiger charge is -2.13. The number of carbonyl (C=O) groups is 1. The molecule has 1 heterocycles. The molecule has 23 heavy (non-hydrogen) atoms. The fourth-order valence-corrected chi connectivity index (χ4v) is 2.59. The molecule has 0 spiro atoms. The molecule has 118 valence electrons. The third-order valence-corrected chi connectivity index (χ3v) is 3.88. The van der Waals surface area contributed by atoms with Crippen LogP contribution in [0.25, 0.3) is 10.9 Å². The minimum Gasteiger partial charge on any atom is -0.460 e. The van der Waals surface area contributed by atoms with Gasteiger partial charge in [0.2, 0.25) is 0 Å². The highest BCUT2D eigenvalue weighted by Gasteiger charge is 2.12. The first-order valence-corrected chi connectivity index (χ1v) is 7.73. The summed E-state index contributed by atoms with van der Waals surface area (Å²) < 4.78 is 5.27. The Morgan fingerprint density at radius 3 is 2.70 bits per heavy atom. The van der Waals surface area contributed by atoms with E-state index in [0.29, 0.717) is 6.61 Å². The van der Waals surface area contributed by atoms with Gasteiger partial charge in [0.15, 0.2) is 0 Å². The highest BCUT2D eigenvalue weighted by Crippen LogP contribution is 2.23. The lowest BCUT2D eigenvalue weighted by molar-refractivity contribution is -0.144. The van der Waals surface area contributed by atoms with Crippen LogP contribution < -0.4 is 5.32 Å².